The molecular formula is C16H15ClFN5O2. The van der Waals surface area contributed by atoms with Gasteiger partial charge in [-0.2, -0.15) is 0 Å². The van der Waals surface area contributed by atoms with Crippen LogP contribution in [-0.2, 0) is 0 Å². The number of aromatic nitrogens is 3. The van der Waals surface area contributed by atoms with Crippen molar-refractivity contribution in [3.05, 3.63) is 40.8 Å². The van der Waals surface area contributed by atoms with Crippen molar-refractivity contribution in [3.63, 3.8) is 0 Å². The number of benzene rings is 1. The molecule has 3 rings (SSSR count). The Hall–Kier alpha value is -2.87. The molecule has 0 aliphatic carbocycles. The molecule has 4 N–H and O–H groups in total. The number of nitrogen functional groups attached to an aromatic ring is 1. The second-order valence-electron chi connectivity index (χ2n) is 5.60. The number of nitrogens with one attached hydrogen (secondary N) is 2. The number of amides is 1. The minimum absolute atomic E-state index is 0.0367. The highest BCUT2D eigenvalue weighted by Gasteiger charge is 2.19. The number of hydrogen-bond donors (Lipinski definition) is 3. The van der Waals surface area contributed by atoms with Gasteiger partial charge in [0.25, 0.3) is 5.91 Å². The van der Waals surface area contributed by atoms with E-state index in [4.69, 9.17) is 22.1 Å². The van der Waals surface area contributed by atoms with Gasteiger partial charge in [-0.25, -0.2) is 9.37 Å². The number of nitrogens with zero attached hydrogens (tertiary/aromatic N) is 2. The fourth-order valence-electron chi connectivity index (χ4n) is 2.23. The van der Waals surface area contributed by atoms with Crippen LogP contribution in [0.25, 0.3) is 11.0 Å². The molecule has 0 aliphatic heterocycles. The Morgan fingerprint density at radius 1 is 1.44 bits per heavy atom. The number of H-pyrrole nitrogens is 1. The summed E-state index contributed by atoms with van der Waals surface area (Å²) in [4.78, 5) is 16.5. The van der Waals surface area contributed by atoms with E-state index in [1.807, 2.05) is 13.8 Å². The van der Waals surface area contributed by atoms with Gasteiger partial charge in [0.2, 0.25) is 5.88 Å². The molecule has 1 amide bonds. The number of nitrogens with two attached hydrogens (primary N) is 1. The number of ether oxygens (including phenoxy) is 1. The lowest BCUT2D eigenvalue weighted by atomic mass is 10.1. The molecule has 2 aromatic heterocycles. The molecule has 0 saturated carbocycles. The van der Waals surface area contributed by atoms with Crippen LogP contribution in [0.5, 0.6) is 5.88 Å². The quantitative estimate of drug-likeness (QED) is 0.616. The number of halogens is 2. The number of hydrogen-bond acceptors (Lipinski definition) is 5. The third-order valence-corrected chi connectivity index (χ3v) is 3.65. The van der Waals surface area contributed by atoms with Gasteiger partial charge in [0.1, 0.15) is 0 Å². The Kier molecular flexibility index (Phi) is 4.45. The lowest BCUT2D eigenvalue weighted by molar-refractivity contribution is 0.102. The molecule has 3 aromatic rings. The van der Waals surface area contributed by atoms with Crippen molar-refractivity contribution >= 4 is 39.9 Å². The number of fused-ring (bicyclic) bond motifs is 1. The average molecular weight is 364 g/mol. The molecule has 1 aromatic carbocycles. The van der Waals surface area contributed by atoms with E-state index in [1.54, 1.807) is 6.07 Å². The summed E-state index contributed by atoms with van der Waals surface area (Å²) in [5, 5.41) is 9.87. The first-order chi connectivity index (χ1) is 11.9. The zero-order valence-electron chi connectivity index (χ0n) is 13.4. The maximum Gasteiger partial charge on any atom is 0.260 e. The summed E-state index contributed by atoms with van der Waals surface area (Å²) in [6.07, 6.45) is 1.33. The zero-order chi connectivity index (χ0) is 18.1. The van der Waals surface area contributed by atoms with Crippen LogP contribution in [0.15, 0.2) is 24.4 Å². The van der Waals surface area contributed by atoms with Crippen LogP contribution in [0.4, 0.5) is 15.8 Å². The van der Waals surface area contributed by atoms with Crippen molar-refractivity contribution in [2.24, 2.45) is 0 Å². The van der Waals surface area contributed by atoms with Crippen molar-refractivity contribution in [2.75, 3.05) is 11.1 Å². The molecule has 0 unspecified atom stereocenters. The minimum atomic E-state index is -0.869. The standard InChI is InChI=1S/C16H15ClFN5O2/c1-7(2)25-16-9-5-8(6-20-14(9)22-23-16)21-15(24)12-10(17)3-4-11(19)13(12)18/h3-7H,19H2,1-2H3,(H,21,24)(H,20,22,23). The molecule has 0 aliphatic rings. The fraction of sp³-hybridized carbons (Fsp3) is 0.188. The van der Waals surface area contributed by atoms with E-state index >= 15 is 0 Å². The molecule has 7 nitrogen and oxygen atoms in total. The first-order valence-electron chi connectivity index (χ1n) is 7.42. The second-order valence-corrected chi connectivity index (χ2v) is 6.00. The molecule has 0 radical (unpaired) electrons. The minimum Gasteiger partial charge on any atom is -0.473 e. The highest BCUT2D eigenvalue weighted by atomic mass is 35.5. The van der Waals surface area contributed by atoms with Gasteiger partial charge in [-0.15, -0.1) is 5.10 Å². The number of carbonyl (C=O) groups is 1. The van der Waals surface area contributed by atoms with Crippen molar-refractivity contribution < 1.29 is 13.9 Å². The average Bonchev–Trinajstić information content (AvgIpc) is 2.93. The summed E-state index contributed by atoms with van der Waals surface area (Å²) < 4.78 is 19.7. The summed E-state index contributed by atoms with van der Waals surface area (Å²) in [6.45, 7) is 3.73. The van der Waals surface area contributed by atoms with E-state index in [1.165, 1.54) is 18.3 Å². The van der Waals surface area contributed by atoms with E-state index in [9.17, 15) is 9.18 Å². The molecule has 25 heavy (non-hydrogen) atoms. The normalized spacial score (nSPS) is 11.1. The third kappa shape index (κ3) is 3.34. The lowest BCUT2D eigenvalue weighted by Crippen LogP contribution is -2.15. The van der Waals surface area contributed by atoms with Gasteiger partial charge in [0.15, 0.2) is 11.5 Å². The summed E-state index contributed by atoms with van der Waals surface area (Å²) in [7, 11) is 0. The Morgan fingerprint density at radius 2 is 2.20 bits per heavy atom. The fourth-order valence-corrected chi connectivity index (χ4v) is 2.46. The SMILES string of the molecule is CC(C)Oc1n[nH]c2ncc(NC(=O)c3c(Cl)ccc(N)c3F)cc12. The molecule has 0 fully saturated rings. The highest BCUT2D eigenvalue weighted by Crippen LogP contribution is 2.27. The monoisotopic (exact) mass is 363 g/mol. The number of carbonyl (C=O) groups excluding carboxylic acids is 1. The van der Waals surface area contributed by atoms with Crippen LogP contribution >= 0.6 is 11.6 Å². The molecule has 0 saturated heterocycles. The molecule has 130 valence electrons. The summed E-state index contributed by atoms with van der Waals surface area (Å²) in [6, 6.07) is 4.28. The first kappa shape index (κ1) is 17.0. The van der Waals surface area contributed by atoms with Crippen LogP contribution in [0, 0.1) is 5.82 Å². The molecular weight excluding hydrogens is 349 g/mol. The highest BCUT2D eigenvalue weighted by molar-refractivity contribution is 6.34. The molecule has 0 atom stereocenters. The van der Waals surface area contributed by atoms with Gasteiger partial charge in [-0.1, -0.05) is 11.6 Å². The van der Waals surface area contributed by atoms with Crippen molar-refractivity contribution in [1.82, 2.24) is 15.2 Å². The molecule has 9 heteroatoms. The van der Waals surface area contributed by atoms with Crippen molar-refractivity contribution in [3.8, 4) is 5.88 Å². The van der Waals surface area contributed by atoms with Gasteiger partial charge in [0, 0.05) is 0 Å². The number of pyridine rings is 1. The molecule has 0 spiro atoms. The van der Waals surface area contributed by atoms with Gasteiger partial charge >= 0.3 is 0 Å². The summed E-state index contributed by atoms with van der Waals surface area (Å²) >= 11 is 5.92. The van der Waals surface area contributed by atoms with Crippen LogP contribution in [-0.4, -0.2) is 27.2 Å². The number of aromatic amines is 1. The maximum absolute atomic E-state index is 14.1. The van der Waals surface area contributed by atoms with E-state index in [0.29, 0.717) is 22.6 Å². The van der Waals surface area contributed by atoms with Crippen LogP contribution < -0.4 is 15.8 Å². The maximum atomic E-state index is 14.1. The summed E-state index contributed by atoms with van der Waals surface area (Å²) in [5.74, 6) is -1.24. The third-order valence-electron chi connectivity index (χ3n) is 3.33. The van der Waals surface area contributed by atoms with Crippen molar-refractivity contribution in [1.29, 1.82) is 0 Å². The predicted octanol–water partition coefficient (Wildman–Crippen LogP) is 3.37. The Labute approximate surface area is 147 Å². The van der Waals surface area contributed by atoms with Gasteiger partial charge in [-0.05, 0) is 32.0 Å². The van der Waals surface area contributed by atoms with E-state index in [-0.39, 0.29) is 22.4 Å². The summed E-state index contributed by atoms with van der Waals surface area (Å²) in [5.41, 5.74) is 5.84. The predicted molar refractivity (Wildman–Crippen MR) is 93.4 cm³/mol. The Balaban J connectivity index is 1.93. The van der Waals surface area contributed by atoms with Gasteiger partial charge in [0.05, 0.1) is 39.6 Å². The van der Waals surface area contributed by atoms with Gasteiger partial charge in [-0.3, -0.25) is 9.89 Å². The van der Waals surface area contributed by atoms with Crippen LogP contribution in [0.2, 0.25) is 5.02 Å². The first-order valence-corrected chi connectivity index (χ1v) is 7.80. The van der Waals surface area contributed by atoms with Crippen LogP contribution in [0.3, 0.4) is 0 Å². The van der Waals surface area contributed by atoms with Gasteiger partial charge < -0.3 is 15.8 Å². The Morgan fingerprint density at radius 3 is 2.92 bits per heavy atom. The number of anilines is 2. The Bertz CT molecular complexity index is 957. The van der Waals surface area contributed by atoms with E-state index in [2.05, 4.69) is 20.5 Å². The van der Waals surface area contributed by atoms with E-state index in [0.717, 1.165) is 0 Å². The topological polar surface area (TPSA) is 106 Å². The van der Waals surface area contributed by atoms with E-state index < -0.39 is 11.7 Å². The van der Waals surface area contributed by atoms with Crippen molar-refractivity contribution in [2.45, 2.75) is 20.0 Å². The second kappa shape index (κ2) is 6.56. The number of rotatable bonds is 4. The largest absolute Gasteiger partial charge is 0.473 e. The molecule has 0 bridgehead atoms. The lowest BCUT2D eigenvalue weighted by Gasteiger charge is -2.10. The smallest absolute Gasteiger partial charge is 0.260 e. The zero-order valence-corrected chi connectivity index (χ0v) is 14.2. The van der Waals surface area contributed by atoms with Crippen LogP contribution in [0.1, 0.15) is 24.2 Å². The molecule has 2 heterocycles.